The number of hydrogen-bond acceptors (Lipinski definition) is 3. The molecular formula is C32H61O3PS. The van der Waals surface area contributed by atoms with Gasteiger partial charge in [-0.15, -0.1) is 0 Å². The summed E-state index contributed by atoms with van der Waals surface area (Å²) in [5.74, 6) is 0. The van der Waals surface area contributed by atoms with Gasteiger partial charge >= 0.3 is 232 Å². The Morgan fingerprint density at radius 3 is 1.57 bits per heavy atom. The minimum absolute atomic E-state index is 0.476. The molecule has 0 radical (unpaired) electrons. The first-order chi connectivity index (χ1) is 17.8. The van der Waals surface area contributed by atoms with Crippen LogP contribution in [0, 0.1) is 0 Å². The van der Waals surface area contributed by atoms with Crippen molar-refractivity contribution in [2.75, 3.05) is 24.6 Å². The van der Waals surface area contributed by atoms with Gasteiger partial charge in [-0.25, -0.2) is 0 Å². The van der Waals surface area contributed by atoms with Crippen LogP contribution in [-0.2, 0) is 26.9 Å². The normalized spacial score (nSPS) is 13.5. The van der Waals surface area contributed by atoms with E-state index in [-0.39, 0.29) is 0 Å². The topological polar surface area (TPSA) is 43.4 Å². The molecule has 0 aliphatic rings. The molecule has 0 aromatic heterocycles. The fraction of sp³-hybridized carbons (Fsp3) is 0.812. The Kier molecular flexibility index (Phi) is 16.8. The standard InChI is InChI=1S/C32H61O3PS/c1-7-13-18-20-23-30-24-22-26-32(31(30)25-21-19-14-8-2)37(33,34)35-36(12-6,27-15-9-3,28-16-10-4)29-17-11-5/h22,24,26H,7-21,23,25,27-29H2,1-6H3. The Labute approximate surface area is 232 Å². The molecule has 0 saturated heterocycles. The number of benzene rings is 1. The molecule has 0 heterocycles. The summed E-state index contributed by atoms with van der Waals surface area (Å²) in [7, 11) is -3.85. The molecule has 0 atom stereocenters. The first kappa shape index (κ1) is 34.6. The van der Waals surface area contributed by atoms with Crippen LogP contribution in [-0.4, -0.2) is 33.1 Å². The molecule has 0 spiro atoms. The van der Waals surface area contributed by atoms with Gasteiger partial charge in [-0.1, -0.05) is 0 Å². The van der Waals surface area contributed by atoms with Crippen molar-refractivity contribution in [2.24, 2.45) is 0 Å². The predicted molar refractivity (Wildman–Crippen MR) is 167 cm³/mol. The Morgan fingerprint density at radius 2 is 1.11 bits per heavy atom. The Hall–Kier alpha value is -0.440. The average Bonchev–Trinajstić information content (AvgIpc) is 2.90. The Bertz CT molecular complexity index is 825. The van der Waals surface area contributed by atoms with E-state index in [9.17, 15) is 8.42 Å². The first-order valence-electron chi connectivity index (χ1n) is 15.8. The van der Waals surface area contributed by atoms with Crippen LogP contribution in [0.2, 0.25) is 0 Å². The van der Waals surface area contributed by atoms with Crippen LogP contribution >= 0.6 is 6.83 Å². The van der Waals surface area contributed by atoms with Gasteiger partial charge in [-0.3, -0.25) is 0 Å². The number of aryl methyl sites for hydroxylation is 1. The molecule has 0 bridgehead atoms. The molecule has 218 valence electrons. The Balaban J connectivity index is 3.54. The third-order valence-corrected chi connectivity index (χ3v) is 17.8. The molecule has 1 aromatic carbocycles. The van der Waals surface area contributed by atoms with Crippen molar-refractivity contribution in [3.05, 3.63) is 29.3 Å². The molecular weight excluding hydrogens is 495 g/mol. The van der Waals surface area contributed by atoms with Crippen molar-refractivity contribution < 1.29 is 12.4 Å². The summed E-state index contributed by atoms with van der Waals surface area (Å²) in [5.41, 5.74) is 2.27. The summed E-state index contributed by atoms with van der Waals surface area (Å²) in [5, 5.41) is 0. The van der Waals surface area contributed by atoms with E-state index in [2.05, 4.69) is 47.6 Å². The Morgan fingerprint density at radius 1 is 0.622 bits per heavy atom. The van der Waals surface area contributed by atoms with Gasteiger partial charge in [0.2, 0.25) is 0 Å². The van der Waals surface area contributed by atoms with E-state index in [0.29, 0.717) is 4.90 Å². The summed E-state index contributed by atoms with van der Waals surface area (Å²) >= 11 is 0. The second-order valence-corrected chi connectivity index (χ2v) is 19.1. The van der Waals surface area contributed by atoms with E-state index in [0.717, 1.165) is 101 Å². The summed E-state index contributed by atoms with van der Waals surface area (Å²) in [6, 6.07) is 5.98. The van der Waals surface area contributed by atoms with E-state index in [1.807, 2.05) is 12.1 Å². The van der Waals surface area contributed by atoms with Gasteiger partial charge in [0.25, 0.3) is 0 Å². The molecule has 0 fully saturated rings. The predicted octanol–water partition coefficient (Wildman–Crippen LogP) is 10.5. The summed E-state index contributed by atoms with van der Waals surface area (Å²) in [6.07, 6.45) is 21.3. The maximum absolute atomic E-state index is 14.3. The fourth-order valence-corrected chi connectivity index (χ4v) is 15.4. The zero-order valence-corrected chi connectivity index (χ0v) is 27.2. The van der Waals surface area contributed by atoms with Gasteiger partial charge < -0.3 is 0 Å². The third-order valence-electron chi connectivity index (χ3n) is 8.42. The molecule has 0 aliphatic heterocycles. The zero-order chi connectivity index (χ0) is 27.6. The van der Waals surface area contributed by atoms with Crippen molar-refractivity contribution in [3.8, 4) is 0 Å². The maximum atomic E-state index is 14.3. The van der Waals surface area contributed by atoms with Crippen LogP contribution in [0.15, 0.2) is 23.1 Å². The van der Waals surface area contributed by atoms with Crippen LogP contribution in [0.4, 0.5) is 0 Å². The van der Waals surface area contributed by atoms with E-state index in [1.165, 1.54) is 37.7 Å². The van der Waals surface area contributed by atoms with Crippen molar-refractivity contribution in [2.45, 2.75) is 149 Å². The van der Waals surface area contributed by atoms with Gasteiger partial charge in [0, 0.05) is 0 Å². The molecule has 0 unspecified atom stereocenters. The summed E-state index contributed by atoms with van der Waals surface area (Å²) in [6.45, 7) is 10.4. The summed E-state index contributed by atoms with van der Waals surface area (Å²) in [4.78, 5) is 0.476. The van der Waals surface area contributed by atoms with Gasteiger partial charge in [0.1, 0.15) is 0 Å². The van der Waals surface area contributed by atoms with Crippen LogP contribution in [0.5, 0.6) is 0 Å². The average molecular weight is 557 g/mol. The molecule has 0 aliphatic carbocycles. The van der Waals surface area contributed by atoms with E-state index < -0.39 is 16.9 Å². The molecule has 3 nitrogen and oxygen atoms in total. The number of unbranched alkanes of at least 4 members (excludes halogenated alkanes) is 9. The van der Waals surface area contributed by atoms with Crippen LogP contribution in [0.1, 0.15) is 143 Å². The van der Waals surface area contributed by atoms with Gasteiger partial charge in [-0.05, 0) is 0 Å². The number of hydrogen-bond donors (Lipinski definition) is 0. The zero-order valence-electron chi connectivity index (χ0n) is 25.5. The van der Waals surface area contributed by atoms with Crippen molar-refractivity contribution in [1.29, 1.82) is 0 Å². The van der Waals surface area contributed by atoms with Gasteiger partial charge in [-0.2, -0.15) is 0 Å². The first-order valence-corrected chi connectivity index (χ1v) is 20.1. The monoisotopic (exact) mass is 556 g/mol. The second-order valence-electron chi connectivity index (χ2n) is 11.4. The van der Waals surface area contributed by atoms with Gasteiger partial charge in [0.15, 0.2) is 0 Å². The van der Waals surface area contributed by atoms with Gasteiger partial charge in [0.05, 0.1) is 0 Å². The van der Waals surface area contributed by atoms with Crippen LogP contribution in [0.3, 0.4) is 0 Å². The molecule has 0 saturated carbocycles. The van der Waals surface area contributed by atoms with Crippen molar-refractivity contribution >= 4 is 16.9 Å². The molecule has 1 aromatic rings. The van der Waals surface area contributed by atoms with E-state index in [1.54, 1.807) is 0 Å². The molecule has 0 N–H and O–H groups in total. The molecule has 5 heteroatoms. The van der Waals surface area contributed by atoms with Crippen molar-refractivity contribution in [1.82, 2.24) is 0 Å². The third kappa shape index (κ3) is 10.9. The quantitative estimate of drug-likeness (QED) is 0.0994. The SMILES string of the molecule is CCCCCCc1cccc(S(=O)(=O)OP(CC)(CCCC)(CCCC)CCCC)c1CCCCCC. The molecule has 1 rings (SSSR count). The second kappa shape index (κ2) is 18.0. The number of rotatable bonds is 23. The van der Waals surface area contributed by atoms with Crippen LogP contribution < -0.4 is 0 Å². The van der Waals surface area contributed by atoms with Crippen molar-refractivity contribution in [3.63, 3.8) is 0 Å². The van der Waals surface area contributed by atoms with Crippen LogP contribution in [0.25, 0.3) is 0 Å². The fourth-order valence-electron chi connectivity index (χ4n) is 5.80. The molecule has 37 heavy (non-hydrogen) atoms. The minimum atomic E-state index is -3.85. The van der Waals surface area contributed by atoms with E-state index >= 15 is 0 Å². The van der Waals surface area contributed by atoms with E-state index in [4.69, 9.17) is 3.97 Å². The molecule has 0 amide bonds. The summed E-state index contributed by atoms with van der Waals surface area (Å²) < 4.78 is 35.5.